The van der Waals surface area contributed by atoms with E-state index in [0.29, 0.717) is 24.3 Å². The van der Waals surface area contributed by atoms with Crippen LogP contribution < -0.4 is 10.6 Å². The van der Waals surface area contributed by atoms with Gasteiger partial charge in [0.2, 0.25) is 0 Å². The second-order valence-electron chi connectivity index (χ2n) is 7.72. The van der Waals surface area contributed by atoms with Crippen LogP contribution in [0.1, 0.15) is 33.3 Å². The monoisotopic (exact) mass is 390 g/mol. The van der Waals surface area contributed by atoms with Crippen LogP contribution in [-0.2, 0) is 6.42 Å². The van der Waals surface area contributed by atoms with Crippen molar-refractivity contribution in [3.8, 4) is 0 Å². The molecule has 0 aliphatic carbocycles. The van der Waals surface area contributed by atoms with Crippen LogP contribution in [-0.4, -0.2) is 56.8 Å². The van der Waals surface area contributed by atoms with E-state index in [1.165, 1.54) is 0 Å². The first-order chi connectivity index (χ1) is 14.1. The second kappa shape index (κ2) is 6.88. The van der Waals surface area contributed by atoms with Crippen molar-refractivity contribution < 1.29 is 9.59 Å². The lowest BCUT2D eigenvalue weighted by atomic mass is 10.1. The average Bonchev–Trinajstić information content (AvgIpc) is 3.45. The van der Waals surface area contributed by atoms with Crippen molar-refractivity contribution in [3.05, 3.63) is 59.7 Å². The molecule has 0 bridgehead atoms. The van der Waals surface area contributed by atoms with Gasteiger partial charge in [-0.3, -0.25) is 9.59 Å². The van der Waals surface area contributed by atoms with Crippen LogP contribution >= 0.6 is 0 Å². The number of nitrogens with one attached hydrogen (secondary N) is 2. The largest absolute Gasteiger partial charge is 0.369 e. The highest BCUT2D eigenvalue weighted by Crippen LogP contribution is 2.26. The summed E-state index contributed by atoms with van der Waals surface area (Å²) in [5.41, 5.74) is 2.81. The Balaban J connectivity index is 1.30. The van der Waals surface area contributed by atoms with Gasteiger partial charge in [-0.1, -0.05) is 13.0 Å². The van der Waals surface area contributed by atoms with Gasteiger partial charge in [-0.25, -0.2) is 9.97 Å². The smallest absolute Gasteiger partial charge is 0.271 e. The summed E-state index contributed by atoms with van der Waals surface area (Å²) in [4.78, 5) is 36.3. The zero-order valence-corrected chi connectivity index (χ0v) is 16.1. The summed E-state index contributed by atoms with van der Waals surface area (Å²) in [6.45, 7) is 3.96. The molecule has 2 atom stereocenters. The van der Waals surface area contributed by atoms with E-state index in [0.717, 1.165) is 30.0 Å². The van der Waals surface area contributed by atoms with Crippen LogP contribution in [0.4, 0.5) is 5.82 Å². The van der Waals surface area contributed by atoms with Gasteiger partial charge >= 0.3 is 0 Å². The molecule has 2 aliphatic rings. The van der Waals surface area contributed by atoms with Crippen molar-refractivity contribution in [1.82, 2.24) is 24.6 Å². The molecule has 1 fully saturated rings. The third-order valence-corrected chi connectivity index (χ3v) is 5.77. The molecule has 5 rings (SSSR count). The topological polar surface area (TPSA) is 91.6 Å². The number of rotatable bonds is 3. The first-order valence-electron chi connectivity index (χ1n) is 9.86. The third kappa shape index (κ3) is 3.10. The normalized spacial score (nSPS) is 20.5. The van der Waals surface area contributed by atoms with Gasteiger partial charge in [-0.2, -0.15) is 0 Å². The van der Waals surface area contributed by atoms with Crippen LogP contribution in [0.25, 0.3) is 5.65 Å². The van der Waals surface area contributed by atoms with Gasteiger partial charge in [0.25, 0.3) is 11.8 Å². The summed E-state index contributed by atoms with van der Waals surface area (Å²) in [7, 11) is 0. The van der Waals surface area contributed by atoms with Gasteiger partial charge in [0, 0.05) is 49.4 Å². The van der Waals surface area contributed by atoms with E-state index in [2.05, 4.69) is 27.5 Å². The number of carbonyl (C=O) groups is 2. The molecular formula is C21H22N6O2. The van der Waals surface area contributed by atoms with Crippen LogP contribution in [0.5, 0.6) is 0 Å². The van der Waals surface area contributed by atoms with E-state index < -0.39 is 0 Å². The highest BCUT2D eigenvalue weighted by molar-refractivity contribution is 5.97. The Morgan fingerprint density at radius 3 is 3.00 bits per heavy atom. The molecule has 0 aromatic carbocycles. The highest BCUT2D eigenvalue weighted by Gasteiger charge is 2.35. The molecule has 3 aromatic rings. The van der Waals surface area contributed by atoms with Crippen molar-refractivity contribution in [2.75, 3.05) is 25.0 Å². The maximum atomic E-state index is 13.1. The van der Waals surface area contributed by atoms with Gasteiger partial charge in [0.15, 0.2) is 0 Å². The number of hydrogen-bond acceptors (Lipinski definition) is 5. The summed E-state index contributed by atoms with van der Waals surface area (Å²) in [6, 6.07) is 7.32. The van der Waals surface area contributed by atoms with Crippen LogP contribution in [0.2, 0.25) is 0 Å². The minimum Gasteiger partial charge on any atom is -0.369 e. The number of fused-ring (bicyclic) bond motifs is 2. The lowest BCUT2D eigenvalue weighted by Crippen LogP contribution is -2.40. The molecule has 0 unspecified atom stereocenters. The number of carbonyl (C=O) groups excluding carboxylic acids is 2. The predicted molar refractivity (Wildman–Crippen MR) is 108 cm³/mol. The second-order valence-corrected chi connectivity index (χ2v) is 7.72. The molecule has 2 amide bonds. The number of likely N-dealkylation sites (tertiary alicyclic amines) is 1. The fraction of sp³-hybridized carbons (Fsp3) is 0.333. The molecule has 1 saturated heterocycles. The van der Waals surface area contributed by atoms with Crippen molar-refractivity contribution in [3.63, 3.8) is 0 Å². The molecule has 0 spiro atoms. The summed E-state index contributed by atoms with van der Waals surface area (Å²) in [5, 5.41) is 6.27. The van der Waals surface area contributed by atoms with E-state index >= 15 is 0 Å². The van der Waals surface area contributed by atoms with Gasteiger partial charge in [-0.05, 0) is 30.5 Å². The maximum absolute atomic E-state index is 13.1. The Labute approximate surface area is 168 Å². The van der Waals surface area contributed by atoms with E-state index in [1.807, 2.05) is 33.7 Å². The summed E-state index contributed by atoms with van der Waals surface area (Å²) < 4.78 is 1.82. The molecule has 8 nitrogen and oxygen atoms in total. The van der Waals surface area contributed by atoms with Crippen LogP contribution in [0.15, 0.2) is 42.9 Å². The number of nitrogens with zero attached hydrogens (tertiary/aromatic N) is 4. The zero-order valence-electron chi connectivity index (χ0n) is 16.1. The fourth-order valence-corrected chi connectivity index (χ4v) is 4.18. The number of aromatic nitrogens is 3. The molecule has 8 heteroatoms. The standard InChI is InChI=1S/C21H22N6O2/c1-13-10-27(21(29)15-6-8-23-19-14(15)5-7-22-19)11-16(13)25-20(28)17-12-26-9-3-2-4-18(26)24-17/h2-4,6,8-9,12-13,16H,5,7,10-11H2,1H3,(H,22,23)(H,25,28)/t13-,16+/m1/s1. The Morgan fingerprint density at radius 1 is 1.24 bits per heavy atom. The Kier molecular flexibility index (Phi) is 4.19. The van der Waals surface area contributed by atoms with Gasteiger partial charge in [0.05, 0.1) is 6.04 Å². The Morgan fingerprint density at radius 2 is 2.14 bits per heavy atom. The number of pyridine rings is 2. The minimum atomic E-state index is -0.214. The van der Waals surface area contributed by atoms with Crippen molar-refractivity contribution in [2.24, 2.45) is 5.92 Å². The molecule has 3 aromatic heterocycles. The van der Waals surface area contributed by atoms with Crippen LogP contribution in [0, 0.1) is 5.92 Å². The quantitative estimate of drug-likeness (QED) is 0.709. The fourth-order valence-electron chi connectivity index (χ4n) is 4.18. The molecule has 148 valence electrons. The Hall–Kier alpha value is -3.42. The molecule has 2 aliphatic heterocycles. The molecule has 5 heterocycles. The van der Waals surface area contributed by atoms with Crippen molar-refractivity contribution >= 4 is 23.3 Å². The average molecular weight is 390 g/mol. The number of anilines is 1. The molecule has 29 heavy (non-hydrogen) atoms. The molecule has 0 radical (unpaired) electrons. The number of amides is 2. The third-order valence-electron chi connectivity index (χ3n) is 5.77. The van der Waals surface area contributed by atoms with E-state index in [1.54, 1.807) is 18.5 Å². The van der Waals surface area contributed by atoms with Gasteiger partial charge in [-0.15, -0.1) is 0 Å². The lowest BCUT2D eigenvalue weighted by Gasteiger charge is -2.18. The summed E-state index contributed by atoms with van der Waals surface area (Å²) in [5.74, 6) is 0.755. The predicted octanol–water partition coefficient (Wildman–Crippen LogP) is 1.59. The minimum absolute atomic E-state index is 0.00341. The van der Waals surface area contributed by atoms with Crippen LogP contribution in [0.3, 0.4) is 0 Å². The zero-order chi connectivity index (χ0) is 20.0. The van der Waals surface area contributed by atoms with Crippen molar-refractivity contribution in [1.29, 1.82) is 0 Å². The van der Waals surface area contributed by atoms with E-state index in [4.69, 9.17) is 0 Å². The summed E-state index contributed by atoms with van der Waals surface area (Å²) >= 11 is 0. The highest BCUT2D eigenvalue weighted by atomic mass is 16.2. The number of imidazole rings is 1. The van der Waals surface area contributed by atoms with E-state index in [9.17, 15) is 9.59 Å². The number of hydrogen-bond donors (Lipinski definition) is 2. The lowest BCUT2D eigenvalue weighted by molar-refractivity contribution is 0.0780. The summed E-state index contributed by atoms with van der Waals surface area (Å²) in [6.07, 6.45) is 6.06. The Bertz CT molecular complexity index is 1070. The maximum Gasteiger partial charge on any atom is 0.271 e. The SMILES string of the molecule is C[C@@H]1CN(C(=O)c2ccnc3c2CCN3)C[C@@H]1NC(=O)c1cn2ccccc2n1. The van der Waals surface area contributed by atoms with E-state index in [-0.39, 0.29) is 23.8 Å². The first-order valence-corrected chi connectivity index (χ1v) is 9.86. The first kappa shape index (κ1) is 17.7. The van der Waals surface area contributed by atoms with Gasteiger partial charge < -0.3 is 19.9 Å². The molecular weight excluding hydrogens is 368 g/mol. The molecule has 0 saturated carbocycles. The molecule has 2 N–H and O–H groups in total. The van der Waals surface area contributed by atoms with Gasteiger partial charge in [0.1, 0.15) is 17.2 Å². The van der Waals surface area contributed by atoms with Crippen molar-refractivity contribution in [2.45, 2.75) is 19.4 Å².